The van der Waals surface area contributed by atoms with E-state index in [1.54, 1.807) is 18.2 Å². The minimum absolute atomic E-state index is 0.0706. The lowest BCUT2D eigenvalue weighted by Crippen LogP contribution is -2.14. The second-order valence-electron chi connectivity index (χ2n) is 4.42. The van der Waals surface area contributed by atoms with Gasteiger partial charge in [0.15, 0.2) is 0 Å². The molecule has 0 saturated heterocycles. The predicted molar refractivity (Wildman–Crippen MR) is 79.6 cm³/mol. The lowest BCUT2D eigenvalue weighted by molar-refractivity contribution is -0.138. The quantitative estimate of drug-likeness (QED) is 0.847. The molecular formula is C14H12F3N3S. The Hall–Kier alpha value is -2.15. The SMILES string of the molecule is Cc1ccc(Nc2cccnc2C(N)=S)cc1C(F)(F)F. The molecule has 7 heteroatoms. The Morgan fingerprint density at radius 3 is 2.62 bits per heavy atom. The average molecular weight is 311 g/mol. The van der Waals surface area contributed by atoms with Gasteiger partial charge in [0.2, 0.25) is 0 Å². The van der Waals surface area contributed by atoms with Crippen LogP contribution in [0.5, 0.6) is 0 Å². The van der Waals surface area contributed by atoms with Gasteiger partial charge in [-0.25, -0.2) is 0 Å². The normalized spacial score (nSPS) is 11.2. The molecular weight excluding hydrogens is 299 g/mol. The zero-order valence-corrected chi connectivity index (χ0v) is 11.8. The Morgan fingerprint density at radius 1 is 1.29 bits per heavy atom. The fourth-order valence-electron chi connectivity index (χ4n) is 1.86. The number of nitrogens with two attached hydrogens (primary N) is 1. The number of alkyl halides is 3. The van der Waals surface area contributed by atoms with Crippen LogP contribution in [0, 0.1) is 6.92 Å². The molecule has 2 aromatic rings. The molecule has 0 atom stereocenters. The molecule has 3 N–H and O–H groups in total. The van der Waals surface area contributed by atoms with Crippen LogP contribution < -0.4 is 11.1 Å². The van der Waals surface area contributed by atoms with Crippen LogP contribution in [0.1, 0.15) is 16.8 Å². The summed E-state index contributed by atoms with van der Waals surface area (Å²) in [6.45, 7) is 1.41. The fraction of sp³-hybridized carbons (Fsp3) is 0.143. The molecule has 1 aromatic heterocycles. The Kier molecular flexibility index (Phi) is 4.13. The highest BCUT2D eigenvalue weighted by molar-refractivity contribution is 7.80. The van der Waals surface area contributed by atoms with Gasteiger partial charge in [-0.1, -0.05) is 18.3 Å². The zero-order chi connectivity index (χ0) is 15.6. The van der Waals surface area contributed by atoms with Crippen LogP contribution >= 0.6 is 12.2 Å². The van der Waals surface area contributed by atoms with Crippen molar-refractivity contribution in [1.29, 1.82) is 0 Å². The maximum Gasteiger partial charge on any atom is 0.416 e. The number of aryl methyl sites for hydroxylation is 1. The minimum atomic E-state index is -4.40. The molecule has 21 heavy (non-hydrogen) atoms. The minimum Gasteiger partial charge on any atom is -0.388 e. The molecule has 0 aliphatic carbocycles. The summed E-state index contributed by atoms with van der Waals surface area (Å²) in [5.74, 6) is 0. The third-order valence-corrected chi connectivity index (χ3v) is 3.06. The predicted octanol–water partition coefficient (Wildman–Crippen LogP) is 3.79. The van der Waals surface area contributed by atoms with Crippen LogP contribution in [0.2, 0.25) is 0 Å². The number of hydrogen-bond acceptors (Lipinski definition) is 3. The summed E-state index contributed by atoms with van der Waals surface area (Å²) in [6, 6.07) is 7.30. The summed E-state index contributed by atoms with van der Waals surface area (Å²) >= 11 is 4.87. The maximum absolute atomic E-state index is 12.9. The van der Waals surface area contributed by atoms with Crippen molar-refractivity contribution < 1.29 is 13.2 Å². The van der Waals surface area contributed by atoms with Gasteiger partial charge < -0.3 is 11.1 Å². The first-order valence-corrected chi connectivity index (χ1v) is 6.39. The smallest absolute Gasteiger partial charge is 0.388 e. The average Bonchev–Trinajstić information content (AvgIpc) is 2.40. The molecule has 1 aromatic carbocycles. The molecule has 2 rings (SSSR count). The van der Waals surface area contributed by atoms with Crippen LogP contribution in [0.25, 0.3) is 0 Å². The van der Waals surface area contributed by atoms with E-state index in [0.29, 0.717) is 17.1 Å². The maximum atomic E-state index is 12.9. The number of halogens is 3. The Labute approximate surface area is 125 Å². The van der Waals surface area contributed by atoms with Crippen molar-refractivity contribution in [1.82, 2.24) is 4.98 Å². The number of pyridine rings is 1. The third kappa shape index (κ3) is 3.49. The summed E-state index contributed by atoms with van der Waals surface area (Å²) in [6.07, 6.45) is -2.89. The van der Waals surface area contributed by atoms with Crippen molar-refractivity contribution in [3.8, 4) is 0 Å². The third-order valence-electron chi connectivity index (χ3n) is 2.86. The van der Waals surface area contributed by atoms with Crippen molar-refractivity contribution in [3.63, 3.8) is 0 Å². The van der Waals surface area contributed by atoms with Crippen molar-refractivity contribution in [3.05, 3.63) is 53.3 Å². The van der Waals surface area contributed by atoms with Gasteiger partial charge in [0.05, 0.1) is 11.3 Å². The van der Waals surface area contributed by atoms with E-state index < -0.39 is 11.7 Å². The second kappa shape index (κ2) is 5.69. The lowest BCUT2D eigenvalue weighted by Gasteiger charge is -2.14. The van der Waals surface area contributed by atoms with E-state index in [1.807, 2.05) is 0 Å². The molecule has 0 radical (unpaired) electrons. The number of benzene rings is 1. The molecule has 0 saturated carbocycles. The number of nitrogens with zero attached hydrogens (tertiary/aromatic N) is 1. The van der Waals surface area contributed by atoms with E-state index in [1.165, 1.54) is 19.2 Å². The Morgan fingerprint density at radius 2 is 2.00 bits per heavy atom. The number of thiocarbonyl (C=S) groups is 1. The van der Waals surface area contributed by atoms with Crippen LogP contribution in [-0.4, -0.2) is 9.97 Å². The van der Waals surface area contributed by atoms with Gasteiger partial charge in [0.25, 0.3) is 0 Å². The standard InChI is InChI=1S/C14H12F3N3S/c1-8-4-5-9(7-10(8)14(15,16)17)20-11-3-2-6-19-12(11)13(18)21/h2-7,20H,1H3,(H2,18,21). The number of anilines is 2. The number of rotatable bonds is 3. The Bertz CT molecular complexity index is 683. The lowest BCUT2D eigenvalue weighted by atomic mass is 10.1. The monoisotopic (exact) mass is 311 g/mol. The molecule has 1 heterocycles. The highest BCUT2D eigenvalue weighted by Gasteiger charge is 2.32. The van der Waals surface area contributed by atoms with Gasteiger partial charge in [-0.2, -0.15) is 13.2 Å². The van der Waals surface area contributed by atoms with E-state index in [-0.39, 0.29) is 10.6 Å². The van der Waals surface area contributed by atoms with Crippen LogP contribution in [0.4, 0.5) is 24.5 Å². The number of hydrogen-bond donors (Lipinski definition) is 2. The summed E-state index contributed by atoms with van der Waals surface area (Å²) in [7, 11) is 0. The molecule has 110 valence electrons. The van der Waals surface area contributed by atoms with Gasteiger partial charge in [0.1, 0.15) is 10.7 Å². The van der Waals surface area contributed by atoms with E-state index in [4.69, 9.17) is 18.0 Å². The van der Waals surface area contributed by atoms with Gasteiger partial charge >= 0.3 is 6.18 Å². The Balaban J connectivity index is 2.40. The van der Waals surface area contributed by atoms with Crippen molar-refractivity contribution in [2.45, 2.75) is 13.1 Å². The van der Waals surface area contributed by atoms with Crippen LogP contribution in [0.15, 0.2) is 36.5 Å². The highest BCUT2D eigenvalue weighted by atomic mass is 32.1. The number of nitrogens with one attached hydrogen (secondary N) is 1. The highest BCUT2D eigenvalue weighted by Crippen LogP contribution is 2.34. The molecule has 0 aliphatic heterocycles. The van der Waals surface area contributed by atoms with Gasteiger partial charge in [-0.3, -0.25) is 4.98 Å². The molecule has 0 amide bonds. The first-order chi connectivity index (χ1) is 9.79. The topological polar surface area (TPSA) is 50.9 Å². The van der Waals surface area contributed by atoms with Gasteiger partial charge in [0, 0.05) is 11.9 Å². The molecule has 0 unspecified atom stereocenters. The number of aromatic nitrogens is 1. The largest absolute Gasteiger partial charge is 0.416 e. The van der Waals surface area contributed by atoms with E-state index in [0.717, 1.165) is 6.07 Å². The van der Waals surface area contributed by atoms with Crippen molar-refractivity contribution >= 4 is 28.6 Å². The summed E-state index contributed by atoms with van der Waals surface area (Å²) < 4.78 is 38.7. The van der Waals surface area contributed by atoms with E-state index in [9.17, 15) is 13.2 Å². The van der Waals surface area contributed by atoms with Gasteiger partial charge in [-0.05, 0) is 36.8 Å². The fourth-order valence-corrected chi connectivity index (χ4v) is 2.03. The molecule has 0 fully saturated rings. The van der Waals surface area contributed by atoms with Crippen molar-refractivity contribution in [2.75, 3.05) is 5.32 Å². The zero-order valence-electron chi connectivity index (χ0n) is 11.0. The van der Waals surface area contributed by atoms with Crippen LogP contribution in [-0.2, 0) is 6.18 Å². The molecule has 0 aliphatic rings. The summed E-state index contributed by atoms with van der Waals surface area (Å²) in [4.78, 5) is 4.08. The van der Waals surface area contributed by atoms with Gasteiger partial charge in [-0.15, -0.1) is 0 Å². The first-order valence-electron chi connectivity index (χ1n) is 5.98. The summed E-state index contributed by atoms with van der Waals surface area (Å²) in [5, 5.41) is 2.86. The molecule has 0 bridgehead atoms. The first kappa shape index (κ1) is 15.2. The molecule has 3 nitrogen and oxygen atoms in total. The molecule has 0 spiro atoms. The second-order valence-corrected chi connectivity index (χ2v) is 4.86. The van der Waals surface area contributed by atoms with E-state index >= 15 is 0 Å². The van der Waals surface area contributed by atoms with Crippen molar-refractivity contribution in [2.24, 2.45) is 5.73 Å². The summed E-state index contributed by atoms with van der Waals surface area (Å²) in [5.41, 5.74) is 6.10. The van der Waals surface area contributed by atoms with E-state index in [2.05, 4.69) is 10.3 Å². The van der Waals surface area contributed by atoms with Crippen LogP contribution in [0.3, 0.4) is 0 Å².